The van der Waals surface area contributed by atoms with Crippen molar-refractivity contribution in [3.8, 4) is 6.07 Å². The first-order chi connectivity index (χ1) is 10.1. The number of aryl methyl sites for hydroxylation is 1. The van der Waals surface area contributed by atoms with Gasteiger partial charge in [0.25, 0.3) is 0 Å². The molecule has 0 spiro atoms. The van der Waals surface area contributed by atoms with E-state index in [4.69, 9.17) is 5.26 Å². The molecule has 2 rings (SSSR count). The first-order valence-electron chi connectivity index (χ1n) is 6.44. The summed E-state index contributed by atoms with van der Waals surface area (Å²) in [5.41, 5.74) is 2.21. The van der Waals surface area contributed by atoms with Gasteiger partial charge in [0.05, 0.1) is 17.4 Å². The number of nitrogens with one attached hydrogen (secondary N) is 1. The van der Waals surface area contributed by atoms with E-state index in [0.717, 1.165) is 11.1 Å². The fourth-order valence-electron chi connectivity index (χ4n) is 1.82. The molecule has 0 bridgehead atoms. The Labute approximate surface area is 124 Å². The second-order valence-electron chi connectivity index (χ2n) is 4.56. The Balaban J connectivity index is 1.90. The second-order valence-corrected chi connectivity index (χ2v) is 6.48. The number of nitriles is 1. The maximum absolute atomic E-state index is 11.9. The summed E-state index contributed by atoms with van der Waals surface area (Å²) in [7, 11) is -3.35. The average Bonchev–Trinajstić information content (AvgIpc) is 2.52. The van der Waals surface area contributed by atoms with Crippen LogP contribution in [0.3, 0.4) is 0 Å². The number of rotatable bonds is 6. The van der Waals surface area contributed by atoms with Gasteiger partial charge in [0.2, 0.25) is 10.0 Å². The van der Waals surface area contributed by atoms with Gasteiger partial charge in [-0.25, -0.2) is 13.1 Å². The summed E-state index contributed by atoms with van der Waals surface area (Å²) in [4.78, 5) is 3.89. The van der Waals surface area contributed by atoms with Crippen LogP contribution in [0, 0.1) is 11.3 Å². The van der Waals surface area contributed by atoms with E-state index in [1.54, 1.807) is 48.8 Å². The molecule has 0 aliphatic rings. The molecule has 0 saturated heterocycles. The summed E-state index contributed by atoms with van der Waals surface area (Å²) in [5, 5.41) is 8.81. The van der Waals surface area contributed by atoms with E-state index in [1.165, 1.54) is 0 Å². The molecule has 2 aromatic rings. The van der Waals surface area contributed by atoms with Gasteiger partial charge < -0.3 is 0 Å². The van der Waals surface area contributed by atoms with Crippen LogP contribution in [0.4, 0.5) is 0 Å². The van der Waals surface area contributed by atoms with Gasteiger partial charge in [0.1, 0.15) is 0 Å². The van der Waals surface area contributed by atoms with Gasteiger partial charge in [0.15, 0.2) is 0 Å². The molecule has 0 unspecified atom stereocenters. The molecular formula is C15H15N3O2S. The Morgan fingerprint density at radius 2 is 1.90 bits per heavy atom. The number of sulfonamides is 1. The minimum absolute atomic E-state index is 0.0228. The van der Waals surface area contributed by atoms with Crippen LogP contribution in [0.2, 0.25) is 0 Å². The quantitative estimate of drug-likeness (QED) is 0.878. The largest absolute Gasteiger partial charge is 0.265 e. The lowest BCUT2D eigenvalue weighted by Gasteiger charge is -2.07. The molecule has 0 amide bonds. The number of pyridine rings is 1. The average molecular weight is 301 g/mol. The van der Waals surface area contributed by atoms with E-state index in [2.05, 4.69) is 9.71 Å². The Morgan fingerprint density at radius 3 is 2.62 bits per heavy atom. The van der Waals surface area contributed by atoms with Gasteiger partial charge in [-0.3, -0.25) is 4.98 Å². The molecule has 0 atom stereocenters. The van der Waals surface area contributed by atoms with E-state index in [9.17, 15) is 8.42 Å². The lowest BCUT2D eigenvalue weighted by Crippen LogP contribution is -2.26. The van der Waals surface area contributed by atoms with Crippen LogP contribution in [0.1, 0.15) is 16.7 Å². The zero-order valence-electron chi connectivity index (χ0n) is 11.4. The summed E-state index contributed by atoms with van der Waals surface area (Å²) in [6.45, 7) is 0.189. The van der Waals surface area contributed by atoms with Gasteiger partial charge in [-0.2, -0.15) is 5.26 Å². The molecule has 0 saturated carbocycles. The summed E-state index contributed by atoms with van der Waals surface area (Å²) >= 11 is 0. The highest BCUT2D eigenvalue weighted by molar-refractivity contribution is 7.89. The molecule has 0 fully saturated rings. The Kier molecular flexibility index (Phi) is 5.04. The van der Waals surface area contributed by atoms with Crippen molar-refractivity contribution in [2.24, 2.45) is 0 Å². The van der Waals surface area contributed by atoms with Gasteiger partial charge in [-0.1, -0.05) is 12.1 Å². The first kappa shape index (κ1) is 15.2. The topological polar surface area (TPSA) is 82.9 Å². The Hall–Kier alpha value is -2.23. The molecule has 0 radical (unpaired) electrons. The van der Waals surface area contributed by atoms with Gasteiger partial charge in [0, 0.05) is 18.9 Å². The molecule has 1 N–H and O–H groups in total. The highest BCUT2D eigenvalue weighted by Gasteiger charge is 2.10. The first-order valence-corrected chi connectivity index (χ1v) is 8.09. The van der Waals surface area contributed by atoms with Crippen molar-refractivity contribution in [2.45, 2.75) is 13.0 Å². The third kappa shape index (κ3) is 4.99. The highest BCUT2D eigenvalue weighted by atomic mass is 32.2. The standard InChI is InChI=1S/C15H15N3O2S/c16-11-14-2-1-3-15(10-14)12-18-21(19,20)9-6-13-4-7-17-8-5-13/h1-5,7-8,10,18H,6,9,12H2. The lowest BCUT2D eigenvalue weighted by molar-refractivity contribution is 0.580. The molecule has 108 valence electrons. The van der Waals surface area contributed by atoms with Crippen LogP contribution in [0.25, 0.3) is 0 Å². The summed E-state index contributed by atoms with van der Waals surface area (Å²) in [5.74, 6) is 0.0228. The third-order valence-corrected chi connectivity index (χ3v) is 4.29. The van der Waals surface area contributed by atoms with Gasteiger partial charge in [-0.05, 0) is 41.8 Å². The Bertz CT molecular complexity index is 737. The summed E-state index contributed by atoms with van der Waals surface area (Å²) < 4.78 is 26.4. The maximum Gasteiger partial charge on any atom is 0.212 e. The zero-order valence-corrected chi connectivity index (χ0v) is 12.2. The van der Waals surface area contributed by atoms with Crippen LogP contribution in [-0.4, -0.2) is 19.2 Å². The second kappa shape index (κ2) is 6.97. The molecule has 0 aliphatic heterocycles. The number of hydrogen-bond donors (Lipinski definition) is 1. The molecule has 5 nitrogen and oxygen atoms in total. The molecule has 21 heavy (non-hydrogen) atoms. The minimum Gasteiger partial charge on any atom is -0.265 e. The molecule has 1 aromatic carbocycles. The van der Waals surface area contributed by atoms with Crippen LogP contribution in [-0.2, 0) is 23.0 Å². The van der Waals surface area contributed by atoms with Crippen molar-refractivity contribution >= 4 is 10.0 Å². The van der Waals surface area contributed by atoms with Crippen LogP contribution in [0.15, 0.2) is 48.8 Å². The van der Waals surface area contributed by atoms with E-state index < -0.39 is 10.0 Å². The van der Waals surface area contributed by atoms with E-state index >= 15 is 0 Å². The smallest absolute Gasteiger partial charge is 0.212 e. The minimum atomic E-state index is -3.35. The van der Waals surface area contributed by atoms with Crippen molar-refractivity contribution in [2.75, 3.05) is 5.75 Å². The predicted molar refractivity (Wildman–Crippen MR) is 79.7 cm³/mol. The highest BCUT2D eigenvalue weighted by Crippen LogP contribution is 2.05. The monoisotopic (exact) mass is 301 g/mol. The van der Waals surface area contributed by atoms with Crippen LogP contribution < -0.4 is 4.72 Å². The maximum atomic E-state index is 11.9. The molecule has 6 heteroatoms. The lowest BCUT2D eigenvalue weighted by atomic mass is 10.1. The molecule has 1 aromatic heterocycles. The number of nitrogens with zero attached hydrogens (tertiary/aromatic N) is 2. The van der Waals surface area contributed by atoms with E-state index in [1.807, 2.05) is 6.07 Å². The van der Waals surface area contributed by atoms with Crippen molar-refractivity contribution < 1.29 is 8.42 Å². The predicted octanol–water partition coefficient (Wildman–Crippen LogP) is 1.62. The fraction of sp³-hybridized carbons (Fsp3) is 0.200. The Morgan fingerprint density at radius 1 is 1.14 bits per heavy atom. The molecule has 1 heterocycles. The number of aromatic nitrogens is 1. The van der Waals surface area contributed by atoms with Crippen LogP contribution >= 0.6 is 0 Å². The number of benzene rings is 1. The number of hydrogen-bond acceptors (Lipinski definition) is 4. The van der Waals surface area contributed by atoms with E-state index in [-0.39, 0.29) is 12.3 Å². The summed E-state index contributed by atoms with van der Waals surface area (Å²) in [6, 6.07) is 12.5. The van der Waals surface area contributed by atoms with Gasteiger partial charge in [-0.15, -0.1) is 0 Å². The molecule has 0 aliphatic carbocycles. The van der Waals surface area contributed by atoms with Crippen LogP contribution in [0.5, 0.6) is 0 Å². The van der Waals surface area contributed by atoms with Crippen molar-refractivity contribution in [3.63, 3.8) is 0 Å². The normalized spacial score (nSPS) is 11.0. The zero-order chi connectivity index (χ0) is 15.1. The molecular weight excluding hydrogens is 286 g/mol. The third-order valence-electron chi connectivity index (χ3n) is 2.96. The van der Waals surface area contributed by atoms with E-state index in [0.29, 0.717) is 12.0 Å². The van der Waals surface area contributed by atoms with Crippen molar-refractivity contribution in [3.05, 3.63) is 65.5 Å². The SMILES string of the molecule is N#Cc1cccc(CNS(=O)(=O)CCc2ccncc2)c1. The van der Waals surface area contributed by atoms with Gasteiger partial charge >= 0.3 is 0 Å². The van der Waals surface area contributed by atoms with Crippen molar-refractivity contribution in [1.29, 1.82) is 5.26 Å². The van der Waals surface area contributed by atoms with Crippen molar-refractivity contribution in [1.82, 2.24) is 9.71 Å². The summed E-state index contributed by atoms with van der Waals surface area (Å²) in [6.07, 6.45) is 3.72. The fourth-order valence-corrected chi connectivity index (χ4v) is 2.85.